The summed E-state index contributed by atoms with van der Waals surface area (Å²) in [7, 11) is -1.19. The number of halogens is 2. The SMILES string of the molecule is C[Si](C)(C)CCOCn1c(CBr)c(-c2noc(C3CC3)c2CC=O)c2c(Cl)ncnc21. The van der Waals surface area contributed by atoms with Gasteiger partial charge in [-0.15, -0.1) is 0 Å². The highest BCUT2D eigenvalue weighted by atomic mass is 79.9. The van der Waals surface area contributed by atoms with Crippen LogP contribution in [-0.2, 0) is 28.0 Å². The molecule has 0 aliphatic heterocycles. The molecule has 0 amide bonds. The van der Waals surface area contributed by atoms with Gasteiger partial charge in [0.2, 0.25) is 0 Å². The Morgan fingerprint density at radius 1 is 1.35 bits per heavy atom. The van der Waals surface area contributed by atoms with Crippen LogP contribution in [0.3, 0.4) is 0 Å². The maximum Gasteiger partial charge on any atom is 0.147 e. The second-order valence-corrected chi connectivity index (χ2v) is 15.7. The zero-order chi connectivity index (χ0) is 22.2. The van der Waals surface area contributed by atoms with Crippen molar-refractivity contribution in [2.75, 3.05) is 6.61 Å². The fraction of sp³-hybridized carbons (Fsp3) is 0.524. The third kappa shape index (κ3) is 4.65. The Bertz CT molecular complexity index is 1100. The van der Waals surface area contributed by atoms with Gasteiger partial charge < -0.3 is 18.6 Å². The van der Waals surface area contributed by atoms with Gasteiger partial charge in [0.15, 0.2) is 0 Å². The number of carbonyl (C=O) groups excluding carboxylic acids is 1. The van der Waals surface area contributed by atoms with E-state index in [0.29, 0.717) is 46.5 Å². The second kappa shape index (κ2) is 9.13. The number of hydrogen-bond donors (Lipinski definition) is 0. The number of rotatable bonds is 10. The number of alkyl halides is 1. The number of fused-ring (bicyclic) bond motifs is 1. The third-order valence-corrected chi connectivity index (χ3v) is 8.06. The quantitative estimate of drug-likeness (QED) is 0.113. The van der Waals surface area contributed by atoms with Crippen LogP contribution >= 0.6 is 27.5 Å². The Morgan fingerprint density at radius 2 is 2.13 bits per heavy atom. The lowest BCUT2D eigenvalue weighted by atomic mass is 10.0. The standard InChI is InChI=1S/C21H26BrClN4O3Si/c1-31(2,3)9-8-29-12-27-15(10-22)16(17-20(23)24-11-25-21(17)27)18-14(6-7-28)19(30-26-18)13-4-5-13/h7,11,13H,4-6,8-10,12H2,1-3H3. The molecule has 0 radical (unpaired) electrons. The monoisotopic (exact) mass is 524 g/mol. The van der Waals surface area contributed by atoms with Crippen LogP contribution in [0.2, 0.25) is 30.8 Å². The molecule has 7 nitrogen and oxygen atoms in total. The summed E-state index contributed by atoms with van der Waals surface area (Å²) in [5.41, 5.74) is 3.89. The number of carbonyl (C=O) groups is 1. The Morgan fingerprint density at radius 3 is 2.77 bits per heavy atom. The average Bonchev–Trinajstić information content (AvgIpc) is 3.40. The molecule has 0 atom stereocenters. The van der Waals surface area contributed by atoms with Crippen molar-refractivity contribution in [1.82, 2.24) is 19.7 Å². The first kappa shape index (κ1) is 22.6. The normalized spacial score (nSPS) is 14.5. The van der Waals surface area contributed by atoms with Crippen LogP contribution < -0.4 is 0 Å². The van der Waals surface area contributed by atoms with Crippen molar-refractivity contribution in [3.8, 4) is 11.3 Å². The van der Waals surface area contributed by atoms with Crippen molar-refractivity contribution in [1.29, 1.82) is 0 Å². The van der Waals surface area contributed by atoms with Crippen molar-refractivity contribution in [3.63, 3.8) is 0 Å². The molecule has 1 aliphatic carbocycles. The van der Waals surface area contributed by atoms with Gasteiger partial charge in [-0.3, -0.25) is 0 Å². The molecule has 0 spiro atoms. The first-order chi connectivity index (χ1) is 14.9. The lowest BCUT2D eigenvalue weighted by Crippen LogP contribution is -2.22. The van der Waals surface area contributed by atoms with E-state index in [0.717, 1.165) is 47.8 Å². The summed E-state index contributed by atoms with van der Waals surface area (Å²) in [5, 5.41) is 5.98. The zero-order valence-electron chi connectivity index (χ0n) is 18.0. The van der Waals surface area contributed by atoms with Gasteiger partial charge >= 0.3 is 0 Å². The average molecular weight is 526 g/mol. The highest BCUT2D eigenvalue weighted by Crippen LogP contribution is 2.46. The van der Waals surface area contributed by atoms with Gasteiger partial charge in [-0.2, -0.15) is 0 Å². The summed E-state index contributed by atoms with van der Waals surface area (Å²) in [6, 6.07) is 1.08. The van der Waals surface area contributed by atoms with Crippen LogP contribution in [0.15, 0.2) is 10.9 Å². The molecule has 0 bridgehead atoms. The molecule has 3 heterocycles. The van der Waals surface area contributed by atoms with Crippen molar-refractivity contribution in [2.24, 2.45) is 0 Å². The van der Waals surface area contributed by atoms with Crippen molar-refractivity contribution in [3.05, 3.63) is 28.5 Å². The molecule has 4 rings (SSSR count). The summed E-state index contributed by atoms with van der Waals surface area (Å²) in [4.78, 5) is 20.2. The summed E-state index contributed by atoms with van der Waals surface area (Å²) in [6.07, 6.45) is 4.71. The molecular formula is C21H26BrClN4O3Si. The van der Waals surface area contributed by atoms with Crippen LogP contribution in [0.4, 0.5) is 0 Å². The van der Waals surface area contributed by atoms with E-state index in [1.165, 1.54) is 6.33 Å². The minimum atomic E-state index is -1.19. The highest BCUT2D eigenvalue weighted by Gasteiger charge is 2.34. The van der Waals surface area contributed by atoms with E-state index in [2.05, 4.69) is 50.7 Å². The third-order valence-electron chi connectivity index (χ3n) is 5.54. The van der Waals surface area contributed by atoms with Crippen molar-refractivity contribution >= 4 is 52.9 Å². The van der Waals surface area contributed by atoms with Gasteiger partial charge in [-0.25, -0.2) is 9.97 Å². The van der Waals surface area contributed by atoms with E-state index in [4.69, 9.17) is 20.9 Å². The minimum Gasteiger partial charge on any atom is -0.361 e. The zero-order valence-corrected chi connectivity index (χ0v) is 21.3. The number of ether oxygens (including phenoxy) is 1. The Balaban J connectivity index is 1.82. The Hall–Kier alpha value is -1.55. The number of aromatic nitrogens is 4. The molecule has 1 aliphatic rings. The second-order valence-electron chi connectivity index (χ2n) is 9.11. The Labute approximate surface area is 195 Å². The van der Waals surface area contributed by atoms with Crippen LogP contribution in [-0.4, -0.2) is 40.7 Å². The fourth-order valence-electron chi connectivity index (χ4n) is 3.71. The molecule has 0 aromatic carbocycles. The largest absolute Gasteiger partial charge is 0.361 e. The van der Waals surface area contributed by atoms with Crippen LogP contribution in [0.25, 0.3) is 22.3 Å². The van der Waals surface area contributed by atoms with Gasteiger partial charge in [0.05, 0.1) is 5.39 Å². The molecule has 1 saturated carbocycles. The van der Waals surface area contributed by atoms with E-state index in [1.54, 1.807) is 0 Å². The van der Waals surface area contributed by atoms with Crippen LogP contribution in [0.1, 0.15) is 35.8 Å². The van der Waals surface area contributed by atoms with E-state index in [1.807, 2.05) is 4.57 Å². The van der Waals surface area contributed by atoms with Crippen molar-refractivity contribution < 1.29 is 14.1 Å². The predicted molar refractivity (Wildman–Crippen MR) is 127 cm³/mol. The summed E-state index contributed by atoms with van der Waals surface area (Å²) >= 11 is 10.2. The van der Waals surface area contributed by atoms with Gasteiger partial charge in [-0.05, 0) is 18.9 Å². The lowest BCUT2D eigenvalue weighted by Gasteiger charge is -2.16. The number of nitrogens with zero attached hydrogens (tertiary/aromatic N) is 4. The molecule has 10 heteroatoms. The molecule has 3 aromatic rings. The maximum atomic E-state index is 11.4. The minimum absolute atomic E-state index is 0.247. The fourth-order valence-corrected chi connectivity index (χ4v) is 5.28. The summed E-state index contributed by atoms with van der Waals surface area (Å²) < 4.78 is 13.8. The molecule has 0 saturated heterocycles. The molecule has 1 fully saturated rings. The van der Waals surface area contributed by atoms with E-state index >= 15 is 0 Å². The highest BCUT2D eigenvalue weighted by molar-refractivity contribution is 9.08. The van der Waals surface area contributed by atoms with E-state index in [9.17, 15) is 4.79 Å². The molecule has 3 aromatic heterocycles. The smallest absolute Gasteiger partial charge is 0.147 e. The first-order valence-corrected chi connectivity index (χ1v) is 15.6. The summed E-state index contributed by atoms with van der Waals surface area (Å²) in [5.74, 6) is 1.15. The van der Waals surface area contributed by atoms with E-state index in [-0.39, 0.29) is 6.42 Å². The lowest BCUT2D eigenvalue weighted by molar-refractivity contribution is -0.107. The van der Waals surface area contributed by atoms with Crippen LogP contribution in [0, 0.1) is 0 Å². The predicted octanol–water partition coefficient (Wildman–Crippen LogP) is 5.57. The van der Waals surface area contributed by atoms with Gasteiger partial charge in [0.1, 0.15) is 41.6 Å². The van der Waals surface area contributed by atoms with Gasteiger partial charge in [-0.1, -0.05) is 52.3 Å². The molecule has 0 N–H and O–H groups in total. The van der Waals surface area contributed by atoms with E-state index < -0.39 is 8.07 Å². The topological polar surface area (TPSA) is 83.0 Å². The molecule has 0 unspecified atom stereocenters. The molecule has 31 heavy (non-hydrogen) atoms. The maximum absolute atomic E-state index is 11.4. The van der Waals surface area contributed by atoms with Crippen LogP contribution in [0.5, 0.6) is 0 Å². The van der Waals surface area contributed by atoms with Gasteiger partial charge in [0.25, 0.3) is 0 Å². The summed E-state index contributed by atoms with van der Waals surface area (Å²) in [6.45, 7) is 8.02. The Kier molecular flexibility index (Phi) is 6.67. The van der Waals surface area contributed by atoms with Crippen molar-refractivity contribution in [2.45, 2.75) is 62.9 Å². The molecule has 166 valence electrons. The van der Waals surface area contributed by atoms with Gasteiger partial charge in [0, 0.05) is 49.2 Å². The molecular weight excluding hydrogens is 500 g/mol. The first-order valence-electron chi connectivity index (χ1n) is 10.4. The number of aldehydes is 1. The number of hydrogen-bond acceptors (Lipinski definition) is 6.